The maximum atomic E-state index is 12.9. The molecule has 0 bridgehead atoms. The van der Waals surface area contributed by atoms with Gasteiger partial charge in [-0.1, -0.05) is 31.1 Å². The molecule has 0 radical (unpaired) electrons. The molecule has 0 amide bonds. The molecule has 0 spiro atoms. The van der Waals surface area contributed by atoms with Gasteiger partial charge in [0.15, 0.2) is 0 Å². The van der Waals surface area contributed by atoms with Gasteiger partial charge in [-0.05, 0) is 30.5 Å². The molecule has 0 fully saturated rings. The molecule has 0 aliphatic rings. The zero-order valence-electron chi connectivity index (χ0n) is 10.8. The van der Waals surface area contributed by atoms with E-state index < -0.39 is 7.82 Å². The van der Waals surface area contributed by atoms with E-state index in [-0.39, 0.29) is 11.7 Å². The van der Waals surface area contributed by atoms with Crippen LogP contribution in [0.1, 0.15) is 32.3 Å². The quantitative estimate of drug-likeness (QED) is 0.479. The number of phosphoric acid groups is 1. The largest absolute Gasteiger partial charge is 0.545 e. The lowest BCUT2D eigenvalue weighted by Gasteiger charge is -2.15. The Hall–Kier alpha value is -1.23. The van der Waals surface area contributed by atoms with E-state index in [9.17, 15) is 8.96 Å². The minimum Gasteiger partial charge on any atom is -0.292 e. The second kappa shape index (κ2) is 6.80. The fraction of sp³-hybridized carbons (Fsp3) is 0.417. The summed E-state index contributed by atoms with van der Waals surface area (Å²) >= 11 is 0. The van der Waals surface area contributed by atoms with Gasteiger partial charge in [0.25, 0.3) is 0 Å². The first kappa shape index (κ1) is 15.8. The molecule has 106 valence electrons. The van der Waals surface area contributed by atoms with Gasteiger partial charge in [-0.15, -0.1) is 0 Å². The van der Waals surface area contributed by atoms with Crippen molar-refractivity contribution in [3.63, 3.8) is 0 Å². The molecule has 5 nitrogen and oxygen atoms in total. The highest BCUT2D eigenvalue weighted by Gasteiger charge is 2.19. The third-order valence-electron chi connectivity index (χ3n) is 2.76. The Kier molecular flexibility index (Phi) is 5.66. The first-order valence-electron chi connectivity index (χ1n) is 5.95. The Balaban J connectivity index is 3.11. The predicted octanol–water partition coefficient (Wildman–Crippen LogP) is 3.08. The van der Waals surface area contributed by atoms with E-state index >= 15 is 0 Å². The molecule has 2 N–H and O–H groups in total. The van der Waals surface area contributed by atoms with Gasteiger partial charge in [-0.2, -0.15) is 0 Å². The van der Waals surface area contributed by atoms with Crippen molar-refractivity contribution in [1.82, 2.24) is 0 Å². The highest BCUT2D eigenvalue weighted by Crippen LogP contribution is 2.36. The molecular formula is C12H17FNO4P. The Morgan fingerprint density at radius 1 is 1.32 bits per heavy atom. The number of hydrogen-bond acceptors (Lipinski definition) is 3. The van der Waals surface area contributed by atoms with Gasteiger partial charge < -0.3 is 0 Å². The predicted molar refractivity (Wildman–Crippen MR) is 70.1 cm³/mol. The summed E-state index contributed by atoms with van der Waals surface area (Å²) in [6, 6.07) is 5.56. The SMILES string of the molecule is CCC(CC)C(=NOP(=O)(O)O)c1ccc(F)cc1. The molecule has 0 heterocycles. The molecule has 7 heteroatoms. The van der Waals surface area contributed by atoms with Crippen LogP contribution in [0.4, 0.5) is 4.39 Å². The van der Waals surface area contributed by atoms with E-state index in [1.165, 1.54) is 24.3 Å². The van der Waals surface area contributed by atoms with Crippen LogP contribution in [-0.2, 0) is 9.19 Å². The molecule has 0 unspecified atom stereocenters. The lowest BCUT2D eigenvalue weighted by Crippen LogP contribution is -2.15. The van der Waals surface area contributed by atoms with Crippen LogP contribution >= 0.6 is 7.82 Å². The number of halogens is 1. The van der Waals surface area contributed by atoms with Crippen molar-refractivity contribution in [3.05, 3.63) is 35.6 Å². The summed E-state index contributed by atoms with van der Waals surface area (Å²) in [7, 11) is -4.67. The summed E-state index contributed by atoms with van der Waals surface area (Å²) in [6.07, 6.45) is 1.47. The fourth-order valence-electron chi connectivity index (χ4n) is 1.76. The summed E-state index contributed by atoms with van der Waals surface area (Å²) < 4.78 is 27.8. The van der Waals surface area contributed by atoms with Crippen LogP contribution in [0.2, 0.25) is 0 Å². The Morgan fingerprint density at radius 3 is 2.26 bits per heavy atom. The second-order valence-electron chi connectivity index (χ2n) is 4.07. The molecule has 1 aromatic carbocycles. The van der Waals surface area contributed by atoms with Gasteiger partial charge in [-0.3, -0.25) is 14.4 Å². The number of rotatable bonds is 6. The van der Waals surface area contributed by atoms with Gasteiger partial charge in [0.05, 0.1) is 5.71 Å². The highest BCUT2D eigenvalue weighted by molar-refractivity contribution is 7.46. The topological polar surface area (TPSA) is 79.1 Å². The minimum atomic E-state index is -4.67. The first-order valence-corrected chi connectivity index (χ1v) is 7.48. The third-order valence-corrected chi connectivity index (χ3v) is 3.05. The molecule has 1 aromatic rings. The van der Waals surface area contributed by atoms with E-state index in [4.69, 9.17) is 9.79 Å². The zero-order chi connectivity index (χ0) is 14.5. The fourth-order valence-corrected chi connectivity index (χ4v) is 1.95. The number of oxime groups is 1. The van der Waals surface area contributed by atoms with Gasteiger partial charge in [-0.25, -0.2) is 8.96 Å². The van der Waals surface area contributed by atoms with E-state index in [2.05, 4.69) is 9.78 Å². The van der Waals surface area contributed by atoms with Crippen molar-refractivity contribution in [2.24, 2.45) is 11.1 Å². The monoisotopic (exact) mass is 289 g/mol. The maximum absolute atomic E-state index is 12.9. The summed E-state index contributed by atoms with van der Waals surface area (Å²) in [5.74, 6) is -0.402. The Labute approximate surface area is 111 Å². The summed E-state index contributed by atoms with van der Waals surface area (Å²) in [5, 5.41) is 3.57. The molecule has 1 rings (SSSR count). The van der Waals surface area contributed by atoms with Gasteiger partial charge in [0.2, 0.25) is 0 Å². The van der Waals surface area contributed by atoms with Crippen LogP contribution in [0.15, 0.2) is 29.4 Å². The Morgan fingerprint density at radius 2 is 1.84 bits per heavy atom. The summed E-state index contributed by atoms with van der Waals surface area (Å²) in [4.78, 5) is 17.4. The molecular weight excluding hydrogens is 272 g/mol. The molecule has 0 saturated carbocycles. The van der Waals surface area contributed by atoms with Crippen molar-refractivity contribution in [2.75, 3.05) is 0 Å². The van der Waals surface area contributed by atoms with E-state index in [1.54, 1.807) is 0 Å². The molecule has 0 saturated heterocycles. The Bertz CT molecular complexity index is 479. The van der Waals surface area contributed by atoms with E-state index in [1.807, 2.05) is 13.8 Å². The van der Waals surface area contributed by atoms with Gasteiger partial charge >= 0.3 is 7.82 Å². The van der Waals surface area contributed by atoms with Crippen molar-refractivity contribution in [2.45, 2.75) is 26.7 Å². The number of benzene rings is 1. The van der Waals surface area contributed by atoms with Crippen molar-refractivity contribution in [3.8, 4) is 0 Å². The molecule has 0 aliphatic heterocycles. The summed E-state index contributed by atoms with van der Waals surface area (Å²) in [6.45, 7) is 3.87. The van der Waals surface area contributed by atoms with Crippen molar-refractivity contribution < 1.29 is 23.4 Å². The smallest absolute Gasteiger partial charge is 0.292 e. The van der Waals surface area contributed by atoms with Crippen LogP contribution in [0, 0.1) is 11.7 Å². The molecule has 0 aliphatic carbocycles. The zero-order valence-corrected chi connectivity index (χ0v) is 11.7. The average Bonchev–Trinajstić information content (AvgIpc) is 2.35. The summed E-state index contributed by atoms with van der Waals surface area (Å²) in [5.41, 5.74) is 0.997. The van der Waals surface area contributed by atoms with Crippen LogP contribution in [0.3, 0.4) is 0 Å². The van der Waals surface area contributed by atoms with Crippen molar-refractivity contribution in [1.29, 1.82) is 0 Å². The highest BCUT2D eigenvalue weighted by atomic mass is 31.2. The van der Waals surface area contributed by atoms with Crippen molar-refractivity contribution >= 4 is 13.5 Å². The van der Waals surface area contributed by atoms with Gasteiger partial charge in [0.1, 0.15) is 5.82 Å². The van der Waals surface area contributed by atoms with Crippen LogP contribution < -0.4 is 0 Å². The normalized spacial score (nSPS) is 12.8. The van der Waals surface area contributed by atoms with Crippen LogP contribution in [0.25, 0.3) is 0 Å². The van der Waals surface area contributed by atoms with E-state index in [0.29, 0.717) is 11.3 Å². The molecule has 19 heavy (non-hydrogen) atoms. The van der Waals surface area contributed by atoms with Crippen LogP contribution in [0.5, 0.6) is 0 Å². The number of hydrogen-bond donors (Lipinski definition) is 2. The lowest BCUT2D eigenvalue weighted by molar-refractivity contribution is 0.203. The maximum Gasteiger partial charge on any atom is 0.545 e. The standard InChI is InChI=1S/C12H17FNO4P/c1-3-9(4-2)12(14-18-19(15,16)17)10-5-7-11(13)8-6-10/h5-9H,3-4H2,1-2H3,(H2,15,16,17). The third kappa shape index (κ3) is 5.11. The lowest BCUT2D eigenvalue weighted by atomic mass is 9.92. The molecule has 0 atom stereocenters. The van der Waals surface area contributed by atoms with Gasteiger partial charge in [0, 0.05) is 5.92 Å². The van der Waals surface area contributed by atoms with E-state index in [0.717, 1.165) is 12.8 Å². The average molecular weight is 289 g/mol. The minimum absolute atomic E-state index is 0.0167. The number of nitrogens with zero attached hydrogens (tertiary/aromatic N) is 1. The second-order valence-corrected chi connectivity index (χ2v) is 5.21. The first-order chi connectivity index (χ1) is 8.87. The van der Waals surface area contributed by atoms with Crippen LogP contribution in [-0.4, -0.2) is 15.5 Å². The molecule has 0 aromatic heterocycles.